The Morgan fingerprint density at radius 1 is 1.44 bits per heavy atom. The van der Waals surface area contributed by atoms with Crippen LogP contribution in [0.5, 0.6) is 0 Å². The molecule has 1 aromatic heterocycles. The lowest BCUT2D eigenvalue weighted by atomic mass is 10.0. The molecule has 3 nitrogen and oxygen atoms in total. The fourth-order valence-electron chi connectivity index (χ4n) is 1.77. The number of thioether (sulfide) groups is 1. The van der Waals surface area contributed by atoms with Gasteiger partial charge in [0.1, 0.15) is 4.34 Å². The van der Waals surface area contributed by atoms with Crippen LogP contribution < -0.4 is 0 Å². The summed E-state index contributed by atoms with van der Waals surface area (Å²) in [4.78, 5) is 16.4. The molecule has 0 saturated carbocycles. The molecule has 0 spiro atoms. The van der Waals surface area contributed by atoms with Gasteiger partial charge in [-0.05, 0) is 32.1 Å². The molecule has 16 heavy (non-hydrogen) atoms. The van der Waals surface area contributed by atoms with E-state index in [0.717, 1.165) is 22.9 Å². The molecule has 0 aliphatic heterocycles. The summed E-state index contributed by atoms with van der Waals surface area (Å²) >= 11 is 3.50. The van der Waals surface area contributed by atoms with E-state index in [0.29, 0.717) is 0 Å². The van der Waals surface area contributed by atoms with Crippen molar-refractivity contribution in [3.63, 3.8) is 0 Å². The van der Waals surface area contributed by atoms with E-state index in [1.54, 1.807) is 23.1 Å². The summed E-state index contributed by atoms with van der Waals surface area (Å²) in [5.74, 6) is 0.151. The average molecular weight is 257 g/mol. The maximum atomic E-state index is 10.3. The maximum absolute atomic E-state index is 10.3. The largest absolute Gasteiger partial charge is 0.481 e. The number of nitrogens with zero attached hydrogens (tertiary/aromatic N) is 1. The lowest BCUT2D eigenvalue weighted by Crippen LogP contribution is -1.98. The van der Waals surface area contributed by atoms with Crippen LogP contribution in [0.4, 0.5) is 0 Å². The lowest BCUT2D eigenvalue weighted by molar-refractivity contribution is -0.137. The Kier molecular flexibility index (Phi) is 4.23. The van der Waals surface area contributed by atoms with E-state index >= 15 is 0 Å². The van der Waals surface area contributed by atoms with E-state index in [1.807, 2.05) is 0 Å². The highest BCUT2D eigenvalue weighted by atomic mass is 32.2. The smallest absolute Gasteiger partial charge is 0.303 e. The average Bonchev–Trinajstić information content (AvgIpc) is 2.66. The molecule has 0 atom stereocenters. The number of fused-ring (bicyclic) bond motifs is 1. The highest BCUT2D eigenvalue weighted by Gasteiger charge is 2.14. The minimum atomic E-state index is -0.709. The summed E-state index contributed by atoms with van der Waals surface area (Å²) in [6, 6.07) is 0. The van der Waals surface area contributed by atoms with E-state index in [1.165, 1.54) is 29.8 Å². The summed E-state index contributed by atoms with van der Waals surface area (Å²) in [7, 11) is 0. The summed E-state index contributed by atoms with van der Waals surface area (Å²) in [6.45, 7) is 0. The van der Waals surface area contributed by atoms with E-state index in [9.17, 15) is 4.79 Å². The maximum Gasteiger partial charge on any atom is 0.303 e. The van der Waals surface area contributed by atoms with E-state index < -0.39 is 5.97 Å². The van der Waals surface area contributed by atoms with Crippen LogP contribution in [-0.2, 0) is 17.6 Å². The first-order valence-corrected chi connectivity index (χ1v) is 7.39. The molecule has 0 saturated heterocycles. The fourth-order valence-corrected chi connectivity index (χ4v) is 4.08. The monoisotopic (exact) mass is 257 g/mol. The molecule has 0 bridgehead atoms. The van der Waals surface area contributed by atoms with Crippen molar-refractivity contribution in [2.75, 3.05) is 5.75 Å². The number of carboxylic acid groups (broad SMARTS) is 1. The van der Waals surface area contributed by atoms with Crippen molar-refractivity contribution < 1.29 is 9.90 Å². The summed E-state index contributed by atoms with van der Waals surface area (Å²) in [6.07, 6.45) is 5.85. The van der Waals surface area contributed by atoms with Crippen LogP contribution in [0.3, 0.4) is 0 Å². The Morgan fingerprint density at radius 3 is 3.00 bits per heavy atom. The Hall–Kier alpha value is -0.550. The van der Waals surface area contributed by atoms with Gasteiger partial charge in [-0.2, -0.15) is 0 Å². The zero-order valence-corrected chi connectivity index (χ0v) is 10.7. The molecule has 0 radical (unpaired) electrons. The van der Waals surface area contributed by atoms with Crippen molar-refractivity contribution in [2.45, 2.75) is 42.9 Å². The highest BCUT2D eigenvalue weighted by Crippen LogP contribution is 2.32. The van der Waals surface area contributed by atoms with Crippen LogP contribution in [0.25, 0.3) is 0 Å². The Morgan fingerprint density at radius 2 is 2.25 bits per heavy atom. The molecule has 1 aliphatic carbocycles. The van der Waals surface area contributed by atoms with Gasteiger partial charge in [-0.3, -0.25) is 4.79 Å². The molecule has 1 N–H and O–H groups in total. The quantitative estimate of drug-likeness (QED) is 0.651. The molecule has 1 heterocycles. The second-order valence-electron chi connectivity index (χ2n) is 3.90. The number of aryl methyl sites for hydroxylation is 2. The summed E-state index contributed by atoms with van der Waals surface area (Å²) in [5, 5.41) is 8.52. The van der Waals surface area contributed by atoms with Gasteiger partial charge in [0.15, 0.2) is 0 Å². The van der Waals surface area contributed by atoms with Gasteiger partial charge in [0.2, 0.25) is 0 Å². The van der Waals surface area contributed by atoms with Crippen molar-refractivity contribution in [1.82, 2.24) is 4.98 Å². The normalized spacial score (nSPS) is 14.8. The molecule has 0 unspecified atom stereocenters. The number of rotatable bonds is 5. The SMILES string of the molecule is O=C(O)CCCSc1nc2c(s1)CCCC2. The number of carboxylic acids is 1. The predicted octanol–water partition coefficient (Wildman–Crippen LogP) is 2.98. The van der Waals surface area contributed by atoms with Crippen LogP contribution >= 0.6 is 23.1 Å². The second-order valence-corrected chi connectivity index (χ2v) is 6.33. The van der Waals surface area contributed by atoms with Gasteiger partial charge in [-0.25, -0.2) is 4.98 Å². The molecule has 0 fully saturated rings. The lowest BCUT2D eigenvalue weighted by Gasteiger charge is -2.06. The molecule has 88 valence electrons. The van der Waals surface area contributed by atoms with Crippen LogP contribution in [0, 0.1) is 0 Å². The van der Waals surface area contributed by atoms with Crippen molar-refractivity contribution in [1.29, 1.82) is 0 Å². The second kappa shape index (κ2) is 5.68. The van der Waals surface area contributed by atoms with Crippen molar-refractivity contribution in [3.8, 4) is 0 Å². The molecule has 0 aromatic carbocycles. The number of hydrogen-bond acceptors (Lipinski definition) is 4. The van der Waals surface area contributed by atoms with E-state index in [4.69, 9.17) is 5.11 Å². The summed E-state index contributed by atoms with van der Waals surface area (Å²) < 4.78 is 1.12. The number of carbonyl (C=O) groups is 1. The summed E-state index contributed by atoms with van der Waals surface area (Å²) in [5.41, 5.74) is 1.29. The van der Waals surface area contributed by atoms with E-state index in [-0.39, 0.29) is 6.42 Å². The number of hydrogen-bond donors (Lipinski definition) is 1. The molecular formula is C11H15NO2S2. The van der Waals surface area contributed by atoms with Crippen molar-refractivity contribution in [2.24, 2.45) is 0 Å². The molecule has 1 aliphatic rings. The topological polar surface area (TPSA) is 50.2 Å². The third kappa shape index (κ3) is 3.22. The van der Waals surface area contributed by atoms with Gasteiger partial charge >= 0.3 is 5.97 Å². The number of thiazole rings is 1. The number of aromatic nitrogens is 1. The van der Waals surface area contributed by atoms with Crippen molar-refractivity contribution >= 4 is 29.1 Å². The number of aliphatic carboxylic acids is 1. The first-order valence-electron chi connectivity index (χ1n) is 5.59. The standard InChI is InChI=1S/C11H15NO2S2/c13-10(14)6-3-7-15-11-12-8-4-1-2-5-9(8)16-11/h1-7H2,(H,13,14). The minimum absolute atomic E-state index is 0.262. The first kappa shape index (κ1) is 11.9. The van der Waals surface area contributed by atoms with Gasteiger partial charge in [0.05, 0.1) is 5.69 Å². The van der Waals surface area contributed by atoms with Gasteiger partial charge in [-0.15, -0.1) is 11.3 Å². The zero-order chi connectivity index (χ0) is 11.4. The molecule has 1 aromatic rings. The Bertz CT molecular complexity index is 353. The molecule has 5 heteroatoms. The third-order valence-corrected chi connectivity index (χ3v) is 4.97. The van der Waals surface area contributed by atoms with Crippen LogP contribution in [0.15, 0.2) is 4.34 Å². The molecular weight excluding hydrogens is 242 g/mol. The van der Waals surface area contributed by atoms with Crippen LogP contribution in [-0.4, -0.2) is 21.8 Å². The zero-order valence-electron chi connectivity index (χ0n) is 9.07. The van der Waals surface area contributed by atoms with E-state index in [2.05, 4.69) is 4.98 Å². The van der Waals surface area contributed by atoms with Crippen LogP contribution in [0.1, 0.15) is 36.3 Å². The fraction of sp³-hybridized carbons (Fsp3) is 0.636. The van der Waals surface area contributed by atoms with Gasteiger partial charge in [-0.1, -0.05) is 11.8 Å². The molecule has 2 rings (SSSR count). The highest BCUT2D eigenvalue weighted by molar-refractivity contribution is 8.01. The molecule has 0 amide bonds. The Labute approximate surface area is 103 Å². The third-order valence-electron chi connectivity index (χ3n) is 2.59. The minimum Gasteiger partial charge on any atom is -0.481 e. The van der Waals surface area contributed by atoms with Gasteiger partial charge in [0, 0.05) is 17.1 Å². The van der Waals surface area contributed by atoms with Gasteiger partial charge in [0.25, 0.3) is 0 Å². The van der Waals surface area contributed by atoms with Crippen molar-refractivity contribution in [3.05, 3.63) is 10.6 Å². The predicted molar refractivity (Wildman–Crippen MR) is 66.3 cm³/mol. The van der Waals surface area contributed by atoms with Crippen LogP contribution in [0.2, 0.25) is 0 Å². The van der Waals surface area contributed by atoms with Gasteiger partial charge < -0.3 is 5.11 Å². The Balaban J connectivity index is 1.81. The first-order chi connectivity index (χ1) is 7.75.